The summed E-state index contributed by atoms with van der Waals surface area (Å²) < 4.78 is 10.5. The minimum absolute atomic E-state index is 0.165. The van der Waals surface area contributed by atoms with Crippen LogP contribution in [0.15, 0.2) is 48.5 Å². The summed E-state index contributed by atoms with van der Waals surface area (Å²) in [6, 6.07) is 13.6. The Balaban J connectivity index is 1.67. The lowest BCUT2D eigenvalue weighted by molar-refractivity contribution is -0.134. The van der Waals surface area contributed by atoms with E-state index in [1.54, 1.807) is 56.5 Å². The van der Waals surface area contributed by atoms with Crippen molar-refractivity contribution >= 4 is 17.8 Å². The predicted octanol–water partition coefficient (Wildman–Crippen LogP) is 1.79. The van der Waals surface area contributed by atoms with Crippen molar-refractivity contribution in [3.63, 3.8) is 0 Å². The van der Waals surface area contributed by atoms with E-state index in [-0.39, 0.29) is 13.1 Å². The van der Waals surface area contributed by atoms with Crippen molar-refractivity contribution in [2.75, 3.05) is 20.8 Å². The number of imide groups is 1. The normalized spacial score (nSPS) is 18.4. The van der Waals surface area contributed by atoms with Crippen LogP contribution in [-0.4, -0.2) is 43.5 Å². The molecule has 1 heterocycles. The minimum atomic E-state index is -1.20. The molecule has 2 N–H and O–H groups in total. The molecular weight excluding hydrogens is 374 g/mol. The average molecular weight is 397 g/mol. The lowest BCUT2D eigenvalue weighted by atomic mass is 9.92. The Hall–Kier alpha value is -3.55. The molecule has 8 nitrogen and oxygen atoms in total. The van der Waals surface area contributed by atoms with E-state index in [1.807, 2.05) is 6.07 Å². The number of ether oxygens (including phenoxy) is 2. The fraction of sp³-hybridized carbons (Fsp3) is 0.286. The zero-order chi connectivity index (χ0) is 21.0. The zero-order valence-electron chi connectivity index (χ0n) is 16.5. The maximum Gasteiger partial charge on any atom is 0.325 e. The third-order valence-electron chi connectivity index (χ3n) is 4.89. The van der Waals surface area contributed by atoms with Gasteiger partial charge in [0, 0.05) is 12.1 Å². The van der Waals surface area contributed by atoms with Crippen molar-refractivity contribution in [1.82, 2.24) is 15.5 Å². The molecule has 2 aromatic rings. The summed E-state index contributed by atoms with van der Waals surface area (Å²) in [6.45, 7) is 1.42. The predicted molar refractivity (Wildman–Crippen MR) is 105 cm³/mol. The number of carbonyl (C=O) groups excluding carboxylic acids is 3. The Kier molecular flexibility index (Phi) is 5.72. The number of benzene rings is 2. The molecule has 4 amide bonds. The first kappa shape index (κ1) is 20.2. The van der Waals surface area contributed by atoms with Crippen molar-refractivity contribution in [2.45, 2.75) is 19.0 Å². The molecule has 1 fully saturated rings. The molecule has 2 aromatic carbocycles. The van der Waals surface area contributed by atoms with Gasteiger partial charge in [-0.25, -0.2) is 4.79 Å². The zero-order valence-corrected chi connectivity index (χ0v) is 16.5. The van der Waals surface area contributed by atoms with E-state index in [0.29, 0.717) is 22.6 Å². The number of hydrogen-bond acceptors (Lipinski definition) is 5. The van der Waals surface area contributed by atoms with E-state index in [0.717, 1.165) is 4.90 Å². The molecule has 3 rings (SSSR count). The van der Waals surface area contributed by atoms with Gasteiger partial charge in [0.2, 0.25) is 5.91 Å². The summed E-state index contributed by atoms with van der Waals surface area (Å²) in [7, 11) is 3.08. The van der Waals surface area contributed by atoms with E-state index in [4.69, 9.17) is 9.47 Å². The maximum atomic E-state index is 12.9. The van der Waals surface area contributed by atoms with Gasteiger partial charge in [-0.3, -0.25) is 14.5 Å². The van der Waals surface area contributed by atoms with Crippen LogP contribution in [0.25, 0.3) is 0 Å². The molecule has 1 saturated heterocycles. The summed E-state index contributed by atoms with van der Waals surface area (Å²) in [5.74, 6) is 0.291. The average Bonchev–Trinajstić information content (AvgIpc) is 2.96. The molecule has 29 heavy (non-hydrogen) atoms. The van der Waals surface area contributed by atoms with Crippen LogP contribution in [0.1, 0.15) is 18.1 Å². The van der Waals surface area contributed by atoms with Crippen LogP contribution in [0.5, 0.6) is 11.5 Å². The van der Waals surface area contributed by atoms with Gasteiger partial charge in [-0.05, 0) is 30.7 Å². The van der Waals surface area contributed by atoms with Gasteiger partial charge in [0.05, 0.1) is 14.2 Å². The van der Waals surface area contributed by atoms with E-state index in [1.165, 1.54) is 7.11 Å². The Morgan fingerprint density at radius 1 is 1.10 bits per heavy atom. The van der Waals surface area contributed by atoms with E-state index in [2.05, 4.69) is 10.6 Å². The first-order valence-corrected chi connectivity index (χ1v) is 9.06. The molecule has 0 bridgehead atoms. The number of nitrogens with one attached hydrogen (secondary N) is 2. The molecule has 0 saturated carbocycles. The summed E-state index contributed by atoms with van der Waals surface area (Å²) >= 11 is 0. The van der Waals surface area contributed by atoms with Gasteiger partial charge in [0.15, 0.2) is 0 Å². The number of nitrogens with zero attached hydrogens (tertiary/aromatic N) is 1. The standard InChI is InChI=1S/C21H23N3O5/c1-21(15-7-5-4-6-8-15)19(26)24(20(27)23-21)13-18(25)22-12-14-11-16(28-2)9-10-17(14)29-3/h4-11H,12-13H2,1-3H3,(H,22,25)(H,23,27). The number of hydrogen-bond donors (Lipinski definition) is 2. The minimum Gasteiger partial charge on any atom is -0.497 e. The van der Waals surface area contributed by atoms with E-state index >= 15 is 0 Å². The lowest BCUT2D eigenvalue weighted by Gasteiger charge is -2.22. The van der Waals surface area contributed by atoms with Crippen LogP contribution in [0.4, 0.5) is 4.79 Å². The molecule has 0 spiro atoms. The second-order valence-electron chi connectivity index (χ2n) is 6.77. The van der Waals surface area contributed by atoms with E-state index < -0.39 is 23.4 Å². The highest BCUT2D eigenvalue weighted by molar-refractivity contribution is 6.09. The highest BCUT2D eigenvalue weighted by Gasteiger charge is 2.49. The van der Waals surface area contributed by atoms with Crippen LogP contribution in [0, 0.1) is 0 Å². The largest absolute Gasteiger partial charge is 0.497 e. The van der Waals surface area contributed by atoms with Gasteiger partial charge in [-0.1, -0.05) is 30.3 Å². The van der Waals surface area contributed by atoms with Gasteiger partial charge in [-0.15, -0.1) is 0 Å². The number of carbonyl (C=O) groups is 3. The number of urea groups is 1. The molecule has 1 atom stereocenters. The maximum absolute atomic E-state index is 12.9. The quantitative estimate of drug-likeness (QED) is 0.695. The van der Waals surface area contributed by atoms with Crippen molar-refractivity contribution < 1.29 is 23.9 Å². The van der Waals surface area contributed by atoms with Crippen molar-refractivity contribution in [3.05, 3.63) is 59.7 Å². The molecule has 0 radical (unpaired) electrons. The second kappa shape index (κ2) is 8.22. The van der Waals surface area contributed by atoms with Gasteiger partial charge < -0.3 is 20.1 Å². The van der Waals surface area contributed by atoms with Crippen LogP contribution in [0.3, 0.4) is 0 Å². The first-order valence-electron chi connectivity index (χ1n) is 9.06. The van der Waals surface area contributed by atoms with Crippen molar-refractivity contribution in [2.24, 2.45) is 0 Å². The van der Waals surface area contributed by atoms with Crippen molar-refractivity contribution in [3.8, 4) is 11.5 Å². The monoisotopic (exact) mass is 397 g/mol. The molecule has 1 unspecified atom stereocenters. The second-order valence-corrected chi connectivity index (χ2v) is 6.77. The fourth-order valence-corrected chi connectivity index (χ4v) is 3.22. The fourth-order valence-electron chi connectivity index (χ4n) is 3.22. The summed E-state index contributed by atoms with van der Waals surface area (Å²) in [5, 5.41) is 5.39. The first-order chi connectivity index (χ1) is 13.9. The van der Waals surface area contributed by atoms with Gasteiger partial charge in [0.1, 0.15) is 23.6 Å². The highest BCUT2D eigenvalue weighted by Crippen LogP contribution is 2.28. The Morgan fingerprint density at radius 2 is 1.83 bits per heavy atom. The molecule has 8 heteroatoms. The number of amides is 4. The summed E-state index contributed by atoms with van der Waals surface area (Å²) in [6.07, 6.45) is 0. The third-order valence-corrected chi connectivity index (χ3v) is 4.89. The van der Waals surface area contributed by atoms with Crippen molar-refractivity contribution in [1.29, 1.82) is 0 Å². The SMILES string of the molecule is COc1ccc(OC)c(CNC(=O)CN2C(=O)NC(C)(c3ccccc3)C2=O)c1. The number of rotatable bonds is 7. The molecule has 1 aliphatic heterocycles. The molecular formula is C21H23N3O5. The third kappa shape index (κ3) is 4.01. The van der Waals surface area contributed by atoms with Crippen LogP contribution in [-0.2, 0) is 21.7 Å². The van der Waals surface area contributed by atoms with Crippen LogP contribution in [0.2, 0.25) is 0 Å². The Bertz CT molecular complexity index is 931. The number of methoxy groups -OCH3 is 2. The van der Waals surface area contributed by atoms with Gasteiger partial charge in [-0.2, -0.15) is 0 Å². The Morgan fingerprint density at radius 3 is 2.48 bits per heavy atom. The van der Waals surface area contributed by atoms with Gasteiger partial charge in [0.25, 0.3) is 5.91 Å². The highest BCUT2D eigenvalue weighted by atomic mass is 16.5. The summed E-state index contributed by atoms with van der Waals surface area (Å²) in [5.41, 5.74) is 0.170. The Labute approximate surface area is 168 Å². The van der Waals surface area contributed by atoms with Crippen LogP contribution >= 0.6 is 0 Å². The molecule has 0 aromatic heterocycles. The summed E-state index contributed by atoms with van der Waals surface area (Å²) in [4.78, 5) is 38.5. The molecule has 1 aliphatic rings. The van der Waals surface area contributed by atoms with Gasteiger partial charge >= 0.3 is 6.03 Å². The van der Waals surface area contributed by atoms with Crippen LogP contribution < -0.4 is 20.1 Å². The molecule has 0 aliphatic carbocycles. The topological polar surface area (TPSA) is 97.0 Å². The lowest BCUT2D eigenvalue weighted by Crippen LogP contribution is -2.43. The van der Waals surface area contributed by atoms with E-state index in [9.17, 15) is 14.4 Å². The smallest absolute Gasteiger partial charge is 0.325 e. The molecule has 152 valence electrons.